The van der Waals surface area contributed by atoms with Crippen molar-refractivity contribution in [3.05, 3.63) is 64.2 Å². The highest BCUT2D eigenvalue weighted by Gasteiger charge is 2.22. The summed E-state index contributed by atoms with van der Waals surface area (Å²) in [6.07, 6.45) is 0.980. The fourth-order valence-electron chi connectivity index (χ4n) is 3.15. The molecule has 3 nitrogen and oxygen atoms in total. The lowest BCUT2D eigenvalue weighted by molar-refractivity contribution is -0.128. The molecule has 0 aromatic heterocycles. The Labute approximate surface area is 157 Å². The Morgan fingerprint density at radius 3 is 2.12 bits per heavy atom. The molecule has 140 valence electrons. The summed E-state index contributed by atoms with van der Waals surface area (Å²) in [5, 5.41) is 3.17. The molecule has 0 aliphatic rings. The summed E-state index contributed by atoms with van der Waals surface area (Å²) in [6, 6.07) is 12.4. The molecule has 0 fully saturated rings. The normalized spacial score (nSPS) is 13.2. The average molecular weight is 354 g/mol. The molecule has 0 bridgehead atoms. The molecule has 2 atom stereocenters. The van der Waals surface area contributed by atoms with Gasteiger partial charge in [0.15, 0.2) is 6.10 Å². The van der Waals surface area contributed by atoms with Crippen LogP contribution < -0.4 is 10.1 Å². The molecule has 0 saturated heterocycles. The van der Waals surface area contributed by atoms with Crippen LogP contribution in [0, 0.1) is 27.7 Å². The third kappa shape index (κ3) is 5.10. The van der Waals surface area contributed by atoms with Crippen LogP contribution in [0.2, 0.25) is 0 Å². The van der Waals surface area contributed by atoms with E-state index in [-0.39, 0.29) is 11.9 Å². The van der Waals surface area contributed by atoms with E-state index in [9.17, 15) is 4.79 Å². The highest BCUT2D eigenvalue weighted by molar-refractivity contribution is 5.81. The van der Waals surface area contributed by atoms with E-state index in [0.29, 0.717) is 6.42 Å². The number of hydrogen-bond acceptors (Lipinski definition) is 2. The van der Waals surface area contributed by atoms with Crippen molar-refractivity contribution in [2.45, 2.75) is 66.5 Å². The second kappa shape index (κ2) is 8.88. The molecule has 0 saturated carbocycles. The Morgan fingerprint density at radius 1 is 0.923 bits per heavy atom. The van der Waals surface area contributed by atoms with Gasteiger partial charge in [-0.15, -0.1) is 0 Å². The Kier molecular flexibility index (Phi) is 6.84. The molecule has 2 aromatic carbocycles. The van der Waals surface area contributed by atoms with E-state index in [1.54, 1.807) is 0 Å². The first kappa shape index (κ1) is 20.0. The summed E-state index contributed by atoms with van der Waals surface area (Å²) >= 11 is 0. The maximum atomic E-state index is 12.8. The van der Waals surface area contributed by atoms with Crippen LogP contribution in [0.3, 0.4) is 0 Å². The summed E-state index contributed by atoms with van der Waals surface area (Å²) in [6.45, 7) is 12.3. The van der Waals surface area contributed by atoms with E-state index in [4.69, 9.17) is 4.74 Å². The van der Waals surface area contributed by atoms with Crippen molar-refractivity contribution in [1.29, 1.82) is 0 Å². The molecule has 2 rings (SSSR count). The molecular formula is C23H31NO2. The van der Waals surface area contributed by atoms with Gasteiger partial charge in [0.05, 0.1) is 6.04 Å². The van der Waals surface area contributed by atoms with Crippen molar-refractivity contribution >= 4 is 5.91 Å². The standard InChI is InChI=1S/C23H31NO2/c1-7-21(19-10-9-17(5)18(6)14-19)24-23(25)22(8-2)26-20-12-15(3)11-16(4)13-20/h9-14,21-22H,7-8H2,1-6H3,(H,24,25)/t21-,22-/m0/s1. The van der Waals surface area contributed by atoms with Gasteiger partial charge in [-0.2, -0.15) is 0 Å². The summed E-state index contributed by atoms with van der Waals surface area (Å²) in [7, 11) is 0. The lowest BCUT2D eigenvalue weighted by Gasteiger charge is -2.23. The van der Waals surface area contributed by atoms with Gasteiger partial charge in [-0.25, -0.2) is 0 Å². The van der Waals surface area contributed by atoms with E-state index in [1.165, 1.54) is 11.1 Å². The first-order valence-electron chi connectivity index (χ1n) is 9.46. The molecular weight excluding hydrogens is 322 g/mol. The highest BCUT2D eigenvalue weighted by Crippen LogP contribution is 2.22. The van der Waals surface area contributed by atoms with Gasteiger partial charge in [0.1, 0.15) is 5.75 Å². The lowest BCUT2D eigenvalue weighted by Crippen LogP contribution is -2.40. The van der Waals surface area contributed by atoms with Crippen LogP contribution in [0.25, 0.3) is 0 Å². The first-order valence-corrected chi connectivity index (χ1v) is 9.46. The molecule has 0 spiro atoms. The van der Waals surface area contributed by atoms with Crippen molar-refractivity contribution in [2.24, 2.45) is 0 Å². The van der Waals surface area contributed by atoms with Gasteiger partial charge < -0.3 is 10.1 Å². The van der Waals surface area contributed by atoms with Gasteiger partial charge in [-0.3, -0.25) is 4.79 Å². The van der Waals surface area contributed by atoms with Crippen LogP contribution in [-0.2, 0) is 4.79 Å². The number of hydrogen-bond donors (Lipinski definition) is 1. The van der Waals surface area contributed by atoms with Crippen LogP contribution in [0.4, 0.5) is 0 Å². The zero-order chi connectivity index (χ0) is 19.3. The average Bonchev–Trinajstić information content (AvgIpc) is 2.59. The summed E-state index contributed by atoms with van der Waals surface area (Å²) < 4.78 is 6.00. The zero-order valence-electron chi connectivity index (χ0n) is 16.8. The highest BCUT2D eigenvalue weighted by atomic mass is 16.5. The molecule has 0 aliphatic carbocycles. The molecule has 0 heterocycles. The van der Waals surface area contributed by atoms with Crippen molar-refractivity contribution in [2.75, 3.05) is 0 Å². The summed E-state index contributed by atoms with van der Waals surface area (Å²) in [5.74, 6) is 0.695. The van der Waals surface area contributed by atoms with E-state index in [0.717, 1.165) is 28.9 Å². The molecule has 0 radical (unpaired) electrons. The fraction of sp³-hybridized carbons (Fsp3) is 0.435. The Balaban J connectivity index is 2.12. The van der Waals surface area contributed by atoms with Gasteiger partial charge >= 0.3 is 0 Å². The number of nitrogens with one attached hydrogen (secondary N) is 1. The predicted molar refractivity (Wildman–Crippen MR) is 108 cm³/mol. The molecule has 1 N–H and O–H groups in total. The minimum absolute atomic E-state index is 0.00121. The van der Waals surface area contributed by atoms with E-state index < -0.39 is 6.10 Å². The lowest BCUT2D eigenvalue weighted by atomic mass is 9.99. The molecule has 0 aliphatic heterocycles. The minimum atomic E-state index is -0.489. The number of ether oxygens (including phenoxy) is 1. The van der Waals surface area contributed by atoms with Crippen LogP contribution >= 0.6 is 0 Å². The van der Waals surface area contributed by atoms with E-state index >= 15 is 0 Å². The topological polar surface area (TPSA) is 38.3 Å². The Hall–Kier alpha value is -2.29. The van der Waals surface area contributed by atoms with Gasteiger partial charge in [0, 0.05) is 0 Å². The molecule has 26 heavy (non-hydrogen) atoms. The monoisotopic (exact) mass is 353 g/mol. The number of rotatable bonds is 7. The number of aryl methyl sites for hydroxylation is 4. The summed E-state index contributed by atoms with van der Waals surface area (Å²) in [5.41, 5.74) is 5.92. The van der Waals surface area contributed by atoms with E-state index in [2.05, 4.69) is 50.4 Å². The Morgan fingerprint density at radius 2 is 1.58 bits per heavy atom. The number of amides is 1. The number of carbonyl (C=O) groups excluding carboxylic acids is 1. The predicted octanol–water partition coefficient (Wildman–Crippen LogP) is 5.35. The van der Waals surface area contributed by atoms with Crippen LogP contribution in [-0.4, -0.2) is 12.0 Å². The second-order valence-corrected chi connectivity index (χ2v) is 7.15. The zero-order valence-corrected chi connectivity index (χ0v) is 16.8. The Bertz CT molecular complexity index is 747. The fourth-order valence-corrected chi connectivity index (χ4v) is 3.15. The maximum Gasteiger partial charge on any atom is 0.261 e. The van der Waals surface area contributed by atoms with Gasteiger partial charge in [0.25, 0.3) is 5.91 Å². The first-order chi connectivity index (χ1) is 12.3. The molecule has 0 unspecified atom stereocenters. The van der Waals surface area contributed by atoms with E-state index in [1.807, 2.05) is 32.9 Å². The minimum Gasteiger partial charge on any atom is -0.481 e. The third-order valence-electron chi connectivity index (χ3n) is 4.79. The maximum absolute atomic E-state index is 12.8. The number of benzene rings is 2. The van der Waals surface area contributed by atoms with Crippen LogP contribution in [0.1, 0.15) is 60.5 Å². The van der Waals surface area contributed by atoms with Crippen molar-refractivity contribution in [3.8, 4) is 5.75 Å². The van der Waals surface area contributed by atoms with Crippen molar-refractivity contribution in [3.63, 3.8) is 0 Å². The number of carbonyl (C=O) groups is 1. The van der Waals surface area contributed by atoms with Crippen LogP contribution in [0.5, 0.6) is 5.75 Å². The molecule has 1 amide bonds. The van der Waals surface area contributed by atoms with Gasteiger partial charge in [-0.1, -0.05) is 38.1 Å². The van der Waals surface area contributed by atoms with Gasteiger partial charge in [-0.05, 0) is 80.5 Å². The van der Waals surface area contributed by atoms with Crippen molar-refractivity contribution < 1.29 is 9.53 Å². The van der Waals surface area contributed by atoms with Crippen LogP contribution in [0.15, 0.2) is 36.4 Å². The second-order valence-electron chi connectivity index (χ2n) is 7.15. The summed E-state index contributed by atoms with van der Waals surface area (Å²) in [4.78, 5) is 12.8. The molecule has 2 aromatic rings. The largest absolute Gasteiger partial charge is 0.481 e. The smallest absolute Gasteiger partial charge is 0.261 e. The third-order valence-corrected chi connectivity index (χ3v) is 4.79. The molecule has 3 heteroatoms. The van der Waals surface area contributed by atoms with Gasteiger partial charge in [0.2, 0.25) is 0 Å². The quantitative estimate of drug-likeness (QED) is 0.729. The SMILES string of the molecule is CC[C@H](Oc1cc(C)cc(C)c1)C(=O)N[C@@H](CC)c1ccc(C)c(C)c1. The van der Waals surface area contributed by atoms with Crippen molar-refractivity contribution in [1.82, 2.24) is 5.32 Å².